The molecule has 7 nitrogen and oxygen atoms in total. The van der Waals surface area contributed by atoms with Gasteiger partial charge in [-0.05, 0) is 35.4 Å². The molecule has 0 saturated carbocycles. The van der Waals surface area contributed by atoms with Crippen molar-refractivity contribution in [2.75, 3.05) is 13.1 Å². The summed E-state index contributed by atoms with van der Waals surface area (Å²) in [5.74, 6) is -1.72. The number of rotatable bonds is 6. The molecular weight excluding hydrogens is 455 g/mol. The molecule has 3 aromatic rings. The summed E-state index contributed by atoms with van der Waals surface area (Å²) < 4.78 is 42.5. The van der Waals surface area contributed by atoms with Crippen LogP contribution in [-0.2, 0) is 28.4 Å². The number of carbonyl (C=O) groups is 1. The van der Waals surface area contributed by atoms with Crippen LogP contribution in [0, 0.1) is 11.7 Å². The van der Waals surface area contributed by atoms with E-state index in [4.69, 9.17) is 11.6 Å². The molecule has 1 saturated heterocycles. The first-order valence-electron chi connectivity index (χ1n) is 10.00. The minimum atomic E-state index is -3.87. The standard InChI is InChI=1S/C22H22ClFN4O3S/c1-27-13-21(26-14-27)32(30,31)28-11-19(16-4-8-18(24)9-5-16)20(12-28)22(29)25-10-15-2-6-17(23)7-3-15/h2-9,13-14,19-20H,10-12H2,1H3,(H,25,29)/t19-,20+/m0/s1. The number of amides is 1. The summed E-state index contributed by atoms with van der Waals surface area (Å²) >= 11 is 5.90. The molecule has 1 aliphatic rings. The van der Waals surface area contributed by atoms with E-state index in [0.29, 0.717) is 10.6 Å². The van der Waals surface area contributed by atoms with Crippen LogP contribution < -0.4 is 5.32 Å². The summed E-state index contributed by atoms with van der Waals surface area (Å²) in [5.41, 5.74) is 1.58. The maximum absolute atomic E-state index is 13.5. The first kappa shape index (κ1) is 22.4. The van der Waals surface area contributed by atoms with E-state index >= 15 is 0 Å². The van der Waals surface area contributed by atoms with Gasteiger partial charge in [-0.15, -0.1) is 0 Å². The molecule has 32 heavy (non-hydrogen) atoms. The second kappa shape index (κ2) is 9.01. The van der Waals surface area contributed by atoms with E-state index in [1.807, 2.05) is 12.1 Å². The molecule has 1 aliphatic heterocycles. The number of aromatic nitrogens is 2. The molecule has 0 bridgehead atoms. The third-order valence-corrected chi connectivity index (χ3v) is 7.56. The lowest BCUT2D eigenvalue weighted by molar-refractivity contribution is -0.125. The van der Waals surface area contributed by atoms with Gasteiger partial charge in [-0.1, -0.05) is 35.9 Å². The quantitative estimate of drug-likeness (QED) is 0.593. The smallest absolute Gasteiger partial charge is 0.262 e. The Morgan fingerprint density at radius 2 is 1.84 bits per heavy atom. The topological polar surface area (TPSA) is 84.3 Å². The van der Waals surface area contributed by atoms with Gasteiger partial charge >= 0.3 is 0 Å². The fraction of sp³-hybridized carbons (Fsp3) is 0.273. The van der Waals surface area contributed by atoms with Crippen molar-refractivity contribution in [1.82, 2.24) is 19.2 Å². The summed E-state index contributed by atoms with van der Waals surface area (Å²) in [4.78, 5) is 17.1. The minimum absolute atomic E-state index is 0.00734. The molecule has 0 spiro atoms. The zero-order valence-corrected chi connectivity index (χ0v) is 18.9. The van der Waals surface area contributed by atoms with E-state index in [0.717, 1.165) is 5.56 Å². The average molecular weight is 477 g/mol. The maximum atomic E-state index is 13.5. The predicted octanol–water partition coefficient (Wildman–Crippen LogP) is 2.93. The van der Waals surface area contributed by atoms with Gasteiger partial charge in [0.05, 0.1) is 12.2 Å². The first-order valence-corrected chi connectivity index (χ1v) is 11.8. The van der Waals surface area contributed by atoms with Crippen molar-refractivity contribution in [2.45, 2.75) is 17.5 Å². The highest BCUT2D eigenvalue weighted by atomic mass is 35.5. The Kier molecular flexibility index (Phi) is 6.32. The highest BCUT2D eigenvalue weighted by Gasteiger charge is 2.44. The van der Waals surface area contributed by atoms with Gasteiger partial charge in [0.1, 0.15) is 5.82 Å². The fourth-order valence-electron chi connectivity index (χ4n) is 3.85. The van der Waals surface area contributed by atoms with Crippen molar-refractivity contribution in [3.8, 4) is 0 Å². The van der Waals surface area contributed by atoms with E-state index in [1.165, 1.54) is 29.0 Å². The van der Waals surface area contributed by atoms with Gasteiger partial charge < -0.3 is 9.88 Å². The van der Waals surface area contributed by atoms with Crippen LogP contribution in [0.2, 0.25) is 5.02 Å². The van der Waals surface area contributed by atoms with Crippen LogP contribution >= 0.6 is 11.6 Å². The zero-order valence-electron chi connectivity index (χ0n) is 17.3. The van der Waals surface area contributed by atoms with Crippen LogP contribution in [0.3, 0.4) is 0 Å². The van der Waals surface area contributed by atoms with E-state index in [9.17, 15) is 17.6 Å². The Labute approximate surface area is 190 Å². The van der Waals surface area contributed by atoms with Gasteiger partial charge in [0.15, 0.2) is 5.03 Å². The molecule has 168 valence electrons. The van der Waals surface area contributed by atoms with Gasteiger partial charge in [0.2, 0.25) is 5.91 Å². The van der Waals surface area contributed by atoms with Crippen LogP contribution in [0.25, 0.3) is 0 Å². The number of carbonyl (C=O) groups excluding carboxylic acids is 1. The largest absolute Gasteiger partial charge is 0.352 e. The molecule has 0 radical (unpaired) electrons. The lowest BCUT2D eigenvalue weighted by Gasteiger charge is -2.18. The van der Waals surface area contributed by atoms with Crippen LogP contribution in [-0.4, -0.2) is 41.3 Å². The maximum Gasteiger partial charge on any atom is 0.262 e. The second-order valence-electron chi connectivity index (χ2n) is 7.81. The van der Waals surface area contributed by atoms with Crippen LogP contribution in [0.4, 0.5) is 4.39 Å². The van der Waals surface area contributed by atoms with Crippen molar-refractivity contribution in [3.05, 3.63) is 83.0 Å². The summed E-state index contributed by atoms with van der Waals surface area (Å²) in [6.45, 7) is 0.395. The van der Waals surface area contributed by atoms with Crippen molar-refractivity contribution in [2.24, 2.45) is 13.0 Å². The lowest BCUT2D eigenvalue weighted by Crippen LogP contribution is -2.35. The summed E-state index contributed by atoms with van der Waals surface area (Å²) in [6.07, 6.45) is 2.84. The molecule has 10 heteroatoms. The van der Waals surface area contributed by atoms with E-state index in [-0.39, 0.29) is 30.6 Å². The zero-order chi connectivity index (χ0) is 22.9. The number of halogens is 2. The Bertz CT molecular complexity index is 1210. The predicted molar refractivity (Wildman–Crippen MR) is 118 cm³/mol. The molecule has 2 aromatic carbocycles. The molecule has 1 N–H and O–H groups in total. The van der Waals surface area contributed by atoms with Gasteiger partial charge in [-0.2, -0.15) is 4.31 Å². The number of aryl methyl sites for hydroxylation is 1. The Morgan fingerprint density at radius 1 is 1.16 bits per heavy atom. The van der Waals surface area contributed by atoms with Gasteiger partial charge in [0.25, 0.3) is 10.0 Å². The molecular formula is C22H22ClFN4O3S. The summed E-state index contributed by atoms with van der Waals surface area (Å²) in [5, 5.41) is 3.42. The molecule has 1 fully saturated rings. The van der Waals surface area contributed by atoms with Crippen molar-refractivity contribution in [3.63, 3.8) is 0 Å². The number of nitrogens with one attached hydrogen (secondary N) is 1. The monoisotopic (exact) mass is 476 g/mol. The summed E-state index contributed by atoms with van der Waals surface area (Å²) in [6, 6.07) is 12.9. The Hall–Kier alpha value is -2.75. The van der Waals surface area contributed by atoms with E-state index in [2.05, 4.69) is 10.3 Å². The Morgan fingerprint density at radius 3 is 2.47 bits per heavy atom. The van der Waals surface area contributed by atoms with Crippen LogP contribution in [0.15, 0.2) is 66.1 Å². The third-order valence-electron chi connectivity index (χ3n) is 5.59. The van der Waals surface area contributed by atoms with Gasteiger partial charge in [-0.25, -0.2) is 17.8 Å². The van der Waals surface area contributed by atoms with Crippen molar-refractivity contribution in [1.29, 1.82) is 0 Å². The number of hydrogen-bond acceptors (Lipinski definition) is 4. The summed E-state index contributed by atoms with van der Waals surface area (Å²) in [7, 11) is -2.19. The Balaban J connectivity index is 1.57. The molecule has 1 amide bonds. The van der Waals surface area contributed by atoms with E-state index < -0.39 is 27.7 Å². The van der Waals surface area contributed by atoms with Gasteiger partial charge in [-0.3, -0.25) is 4.79 Å². The number of nitrogens with zero attached hydrogens (tertiary/aromatic N) is 3. The fourth-order valence-corrected chi connectivity index (χ4v) is 5.44. The van der Waals surface area contributed by atoms with Crippen LogP contribution in [0.5, 0.6) is 0 Å². The molecule has 0 aliphatic carbocycles. The lowest BCUT2D eigenvalue weighted by atomic mass is 9.88. The normalized spacial score (nSPS) is 19.2. The van der Waals surface area contributed by atoms with Gasteiger partial charge in [0, 0.05) is 43.8 Å². The van der Waals surface area contributed by atoms with Crippen LogP contribution in [0.1, 0.15) is 17.0 Å². The highest BCUT2D eigenvalue weighted by Crippen LogP contribution is 2.36. The first-order chi connectivity index (χ1) is 15.2. The highest BCUT2D eigenvalue weighted by molar-refractivity contribution is 7.89. The molecule has 1 aromatic heterocycles. The number of sulfonamides is 1. The second-order valence-corrected chi connectivity index (χ2v) is 10.1. The number of benzene rings is 2. The number of hydrogen-bond donors (Lipinski definition) is 1. The molecule has 0 unspecified atom stereocenters. The average Bonchev–Trinajstić information content (AvgIpc) is 3.41. The molecule has 2 heterocycles. The minimum Gasteiger partial charge on any atom is -0.352 e. The van der Waals surface area contributed by atoms with E-state index in [1.54, 1.807) is 35.9 Å². The van der Waals surface area contributed by atoms with Crippen molar-refractivity contribution < 1.29 is 17.6 Å². The molecule has 4 rings (SSSR count). The van der Waals surface area contributed by atoms with Crippen molar-refractivity contribution >= 4 is 27.5 Å². The number of imidazole rings is 1. The SMILES string of the molecule is Cn1cnc(S(=O)(=O)N2C[C@@H](C(=O)NCc3ccc(Cl)cc3)[C@H](c3ccc(F)cc3)C2)c1. The third kappa shape index (κ3) is 4.69. The molecule has 2 atom stereocenters.